The van der Waals surface area contributed by atoms with Crippen LogP contribution in [0.4, 0.5) is 11.8 Å². The number of ether oxygens (including phenoxy) is 1. The molecular formula is C25H22BrN7O2. The standard InChI is InChI=1S/C25H22BrN7O2/c1-34-15-21-18(14-35-33-21)12-29-24-19-8-5-9-20(26)23(19)31-25(32-24)30-13-22-27-10-17(11-28-22)16-6-3-2-4-7-16/h2-11,14H,12-13,15H2,1H3,(H2,29,30,31,32). The molecule has 10 heteroatoms. The molecule has 3 heterocycles. The van der Waals surface area contributed by atoms with E-state index >= 15 is 0 Å². The van der Waals surface area contributed by atoms with Crippen LogP contribution in [0.3, 0.4) is 0 Å². The van der Waals surface area contributed by atoms with E-state index in [-0.39, 0.29) is 0 Å². The normalized spacial score (nSPS) is 11.0. The lowest BCUT2D eigenvalue weighted by Crippen LogP contribution is -2.10. The molecule has 5 rings (SSSR count). The molecule has 0 unspecified atom stereocenters. The predicted octanol–water partition coefficient (Wildman–Crippen LogP) is 5.21. The zero-order valence-electron chi connectivity index (χ0n) is 18.9. The number of hydrogen-bond donors (Lipinski definition) is 2. The van der Waals surface area contributed by atoms with Crippen LogP contribution >= 0.6 is 15.9 Å². The van der Waals surface area contributed by atoms with Crippen LogP contribution in [0, 0.1) is 0 Å². The number of anilines is 2. The van der Waals surface area contributed by atoms with Crippen molar-refractivity contribution in [2.24, 2.45) is 0 Å². The number of nitrogens with one attached hydrogen (secondary N) is 2. The Morgan fingerprint density at radius 1 is 0.914 bits per heavy atom. The molecule has 0 aliphatic carbocycles. The lowest BCUT2D eigenvalue weighted by molar-refractivity contribution is 0.176. The van der Waals surface area contributed by atoms with Crippen LogP contribution in [0.15, 0.2) is 76.2 Å². The zero-order chi connectivity index (χ0) is 24.0. The van der Waals surface area contributed by atoms with Crippen LogP contribution in [-0.4, -0.2) is 32.2 Å². The summed E-state index contributed by atoms with van der Waals surface area (Å²) in [5.74, 6) is 1.79. The van der Waals surface area contributed by atoms with Gasteiger partial charge in [-0.1, -0.05) is 41.6 Å². The van der Waals surface area contributed by atoms with Gasteiger partial charge in [0.15, 0.2) is 0 Å². The van der Waals surface area contributed by atoms with E-state index in [4.69, 9.17) is 19.2 Å². The van der Waals surface area contributed by atoms with Crippen LogP contribution < -0.4 is 10.6 Å². The Balaban J connectivity index is 1.35. The number of fused-ring (bicyclic) bond motifs is 1. The Kier molecular flexibility index (Phi) is 6.92. The lowest BCUT2D eigenvalue weighted by atomic mass is 10.1. The summed E-state index contributed by atoms with van der Waals surface area (Å²) in [6, 6.07) is 15.9. The van der Waals surface area contributed by atoms with Crippen LogP contribution in [-0.2, 0) is 24.4 Å². The van der Waals surface area contributed by atoms with Crippen molar-refractivity contribution in [1.29, 1.82) is 0 Å². The van der Waals surface area contributed by atoms with E-state index < -0.39 is 0 Å². The highest BCUT2D eigenvalue weighted by Gasteiger charge is 2.13. The second-order valence-electron chi connectivity index (χ2n) is 7.71. The molecule has 0 aliphatic rings. The Morgan fingerprint density at radius 3 is 2.54 bits per heavy atom. The number of aromatic nitrogens is 5. The van der Waals surface area contributed by atoms with Crippen LogP contribution in [0.5, 0.6) is 0 Å². The molecule has 2 aromatic carbocycles. The molecule has 0 aliphatic heterocycles. The van der Waals surface area contributed by atoms with Gasteiger partial charge >= 0.3 is 0 Å². The molecule has 5 aromatic rings. The summed E-state index contributed by atoms with van der Waals surface area (Å²) in [5.41, 5.74) is 4.47. The van der Waals surface area contributed by atoms with Crippen molar-refractivity contribution in [3.8, 4) is 11.1 Å². The maximum Gasteiger partial charge on any atom is 0.225 e. The van der Waals surface area contributed by atoms with Crippen molar-refractivity contribution in [1.82, 2.24) is 25.1 Å². The summed E-state index contributed by atoms with van der Waals surface area (Å²) in [6.07, 6.45) is 5.25. The van der Waals surface area contributed by atoms with Crippen molar-refractivity contribution < 1.29 is 9.26 Å². The van der Waals surface area contributed by atoms with Gasteiger partial charge in [0, 0.05) is 47.0 Å². The molecule has 2 N–H and O–H groups in total. The van der Waals surface area contributed by atoms with Gasteiger partial charge in [-0.2, -0.15) is 4.98 Å². The first-order valence-corrected chi connectivity index (χ1v) is 11.7. The lowest BCUT2D eigenvalue weighted by Gasteiger charge is -2.12. The molecular weight excluding hydrogens is 510 g/mol. The maximum absolute atomic E-state index is 5.19. The fourth-order valence-electron chi connectivity index (χ4n) is 3.57. The van der Waals surface area contributed by atoms with E-state index in [2.05, 4.69) is 41.7 Å². The van der Waals surface area contributed by atoms with Gasteiger partial charge in [-0.3, -0.25) is 0 Å². The van der Waals surface area contributed by atoms with E-state index in [0.717, 1.165) is 37.8 Å². The van der Waals surface area contributed by atoms with Crippen LogP contribution in [0.1, 0.15) is 17.1 Å². The third-order valence-corrected chi connectivity index (χ3v) is 5.99. The molecule has 9 nitrogen and oxygen atoms in total. The van der Waals surface area contributed by atoms with Gasteiger partial charge in [-0.15, -0.1) is 0 Å². The topological polar surface area (TPSA) is 111 Å². The highest BCUT2D eigenvalue weighted by Crippen LogP contribution is 2.28. The number of nitrogens with zero attached hydrogens (tertiary/aromatic N) is 5. The molecule has 0 saturated carbocycles. The third-order valence-electron chi connectivity index (χ3n) is 5.35. The molecule has 35 heavy (non-hydrogen) atoms. The number of benzene rings is 2. The summed E-state index contributed by atoms with van der Waals surface area (Å²) < 4.78 is 11.2. The average molecular weight is 532 g/mol. The highest BCUT2D eigenvalue weighted by molar-refractivity contribution is 9.10. The van der Waals surface area contributed by atoms with E-state index in [1.54, 1.807) is 13.4 Å². The van der Waals surface area contributed by atoms with Crippen molar-refractivity contribution >= 4 is 38.6 Å². The summed E-state index contributed by atoms with van der Waals surface area (Å²) in [6.45, 7) is 1.23. The van der Waals surface area contributed by atoms with Crippen molar-refractivity contribution in [3.05, 3.63) is 88.7 Å². The van der Waals surface area contributed by atoms with Gasteiger partial charge in [0.05, 0.1) is 18.7 Å². The number of hydrogen-bond acceptors (Lipinski definition) is 9. The SMILES string of the molecule is COCc1nocc1CNc1nc(NCc2ncc(-c3ccccc3)cn2)nc2c(Br)cccc12. The summed E-state index contributed by atoms with van der Waals surface area (Å²) in [7, 11) is 1.62. The molecule has 176 valence electrons. The smallest absolute Gasteiger partial charge is 0.225 e. The summed E-state index contributed by atoms with van der Waals surface area (Å²) in [4.78, 5) is 18.4. The molecule has 0 atom stereocenters. The molecule has 0 bridgehead atoms. The molecule has 0 spiro atoms. The Bertz CT molecular complexity index is 1430. The molecule has 0 fully saturated rings. The minimum absolute atomic E-state index is 0.374. The minimum atomic E-state index is 0.374. The zero-order valence-corrected chi connectivity index (χ0v) is 20.5. The first-order chi connectivity index (χ1) is 17.2. The van der Waals surface area contributed by atoms with Gasteiger partial charge in [0.1, 0.15) is 23.6 Å². The molecule has 3 aromatic heterocycles. The van der Waals surface area contributed by atoms with E-state index in [9.17, 15) is 0 Å². The average Bonchev–Trinajstić information content (AvgIpc) is 3.34. The number of methoxy groups -OCH3 is 1. The first kappa shape index (κ1) is 22.9. The Hall–Kier alpha value is -3.89. The van der Waals surface area contributed by atoms with Crippen molar-refractivity contribution in [2.75, 3.05) is 17.7 Å². The van der Waals surface area contributed by atoms with Gasteiger partial charge in [0.25, 0.3) is 0 Å². The Morgan fingerprint density at radius 2 is 1.74 bits per heavy atom. The maximum atomic E-state index is 5.19. The van der Waals surface area contributed by atoms with Crippen molar-refractivity contribution in [3.63, 3.8) is 0 Å². The summed E-state index contributed by atoms with van der Waals surface area (Å²) >= 11 is 3.60. The second-order valence-corrected chi connectivity index (χ2v) is 8.57. The number of halogens is 1. The van der Waals surface area contributed by atoms with E-state index in [0.29, 0.717) is 37.3 Å². The second kappa shape index (κ2) is 10.6. The van der Waals surface area contributed by atoms with E-state index in [1.165, 1.54) is 0 Å². The third kappa shape index (κ3) is 5.28. The number of para-hydroxylation sites is 1. The minimum Gasteiger partial charge on any atom is -0.378 e. The van der Waals surface area contributed by atoms with Crippen LogP contribution in [0.2, 0.25) is 0 Å². The monoisotopic (exact) mass is 531 g/mol. The fourth-order valence-corrected chi connectivity index (χ4v) is 4.03. The largest absolute Gasteiger partial charge is 0.378 e. The quantitative estimate of drug-likeness (QED) is 0.264. The predicted molar refractivity (Wildman–Crippen MR) is 137 cm³/mol. The van der Waals surface area contributed by atoms with Gasteiger partial charge in [-0.05, 0) is 33.6 Å². The fraction of sp³-hybridized carbons (Fsp3) is 0.160. The van der Waals surface area contributed by atoms with Gasteiger partial charge < -0.3 is 19.9 Å². The first-order valence-electron chi connectivity index (χ1n) is 10.9. The van der Waals surface area contributed by atoms with Crippen LogP contribution in [0.25, 0.3) is 22.0 Å². The Labute approximate surface area is 210 Å². The molecule has 0 amide bonds. The number of rotatable bonds is 9. The molecule has 0 saturated heterocycles. The highest BCUT2D eigenvalue weighted by atomic mass is 79.9. The van der Waals surface area contributed by atoms with E-state index in [1.807, 2.05) is 60.9 Å². The van der Waals surface area contributed by atoms with Gasteiger partial charge in [0.2, 0.25) is 5.95 Å². The molecule has 0 radical (unpaired) electrons. The van der Waals surface area contributed by atoms with Gasteiger partial charge in [-0.25, -0.2) is 15.0 Å². The summed E-state index contributed by atoms with van der Waals surface area (Å²) in [5, 5.41) is 11.5. The van der Waals surface area contributed by atoms with Crippen molar-refractivity contribution in [2.45, 2.75) is 19.7 Å².